The summed E-state index contributed by atoms with van der Waals surface area (Å²) in [5.41, 5.74) is 2.75. The molecule has 4 bridgehead atoms. The Balaban J connectivity index is 1.38. The van der Waals surface area contributed by atoms with E-state index < -0.39 is 28.5 Å². The second-order valence-electron chi connectivity index (χ2n) is 13.2. The van der Waals surface area contributed by atoms with Gasteiger partial charge in [-0.1, -0.05) is 42.8 Å². The van der Waals surface area contributed by atoms with Crippen molar-refractivity contribution in [2.75, 3.05) is 17.1 Å². The van der Waals surface area contributed by atoms with Crippen molar-refractivity contribution in [2.45, 2.75) is 89.8 Å². The molecule has 4 aliphatic rings. The lowest BCUT2D eigenvalue weighted by Crippen LogP contribution is -2.52. The Morgan fingerprint density at radius 1 is 0.952 bits per heavy atom. The molecular weight excluding hydrogens is 570 g/mol. The van der Waals surface area contributed by atoms with Crippen LogP contribution in [0.3, 0.4) is 0 Å². The van der Waals surface area contributed by atoms with Crippen LogP contribution in [-0.4, -0.2) is 50.0 Å². The molecule has 2 atom stereocenters. The largest absolute Gasteiger partial charge is 0.352 e. The zero-order chi connectivity index (χ0) is 30.2. The summed E-state index contributed by atoms with van der Waals surface area (Å²) in [5, 5.41) is 3.52. The summed E-state index contributed by atoms with van der Waals surface area (Å²) in [4.78, 5) is 28.4. The number of carbonyl (C=O) groups is 2. The Labute approximate surface area is 256 Å². The zero-order valence-corrected chi connectivity index (χ0v) is 26.8. The second kappa shape index (κ2) is 12.2. The van der Waals surface area contributed by atoms with Gasteiger partial charge in [-0.3, -0.25) is 13.9 Å². The molecule has 1 N–H and O–H groups in total. The highest BCUT2D eigenvalue weighted by molar-refractivity contribution is 7.92. The van der Waals surface area contributed by atoms with E-state index in [1.165, 1.54) is 49.0 Å². The van der Waals surface area contributed by atoms with Gasteiger partial charge in [0.2, 0.25) is 21.8 Å². The summed E-state index contributed by atoms with van der Waals surface area (Å²) in [6, 6.07) is 14.1. The fraction of sp³-hybridized carbons (Fsp3) is 0.576. The molecule has 0 aromatic heterocycles. The zero-order valence-electron chi connectivity index (χ0n) is 25.2. The first-order valence-electron chi connectivity index (χ1n) is 15.3. The van der Waals surface area contributed by atoms with E-state index in [0.29, 0.717) is 10.7 Å². The summed E-state index contributed by atoms with van der Waals surface area (Å²) in [6.07, 6.45) is 9.64. The van der Waals surface area contributed by atoms with E-state index in [1.807, 2.05) is 26.0 Å². The van der Waals surface area contributed by atoms with Crippen LogP contribution >= 0.6 is 11.6 Å². The van der Waals surface area contributed by atoms with Gasteiger partial charge in [-0.2, -0.15) is 0 Å². The van der Waals surface area contributed by atoms with Gasteiger partial charge in [0.05, 0.1) is 11.9 Å². The molecule has 2 amide bonds. The van der Waals surface area contributed by atoms with Crippen LogP contribution in [0.25, 0.3) is 0 Å². The van der Waals surface area contributed by atoms with Crippen molar-refractivity contribution in [1.82, 2.24) is 10.2 Å². The van der Waals surface area contributed by atoms with Crippen LogP contribution in [-0.2, 0) is 31.6 Å². The molecule has 0 saturated heterocycles. The summed E-state index contributed by atoms with van der Waals surface area (Å²) < 4.78 is 27.2. The number of anilines is 1. The normalized spacial score (nSPS) is 26.0. The Kier molecular flexibility index (Phi) is 8.96. The van der Waals surface area contributed by atoms with Crippen LogP contribution in [0.1, 0.15) is 76.8 Å². The van der Waals surface area contributed by atoms with E-state index in [0.717, 1.165) is 40.3 Å². The van der Waals surface area contributed by atoms with Gasteiger partial charge in [-0.15, -0.1) is 0 Å². The van der Waals surface area contributed by atoms with Crippen LogP contribution < -0.4 is 9.62 Å². The van der Waals surface area contributed by atoms with Crippen molar-refractivity contribution in [3.05, 3.63) is 64.7 Å². The van der Waals surface area contributed by atoms with Crippen molar-refractivity contribution >= 4 is 39.1 Å². The molecule has 4 fully saturated rings. The molecule has 0 radical (unpaired) electrons. The number of sulfonamides is 1. The van der Waals surface area contributed by atoms with Crippen LogP contribution in [0.4, 0.5) is 5.69 Å². The van der Waals surface area contributed by atoms with E-state index in [2.05, 4.69) is 17.4 Å². The molecule has 0 heterocycles. The van der Waals surface area contributed by atoms with Gasteiger partial charge in [-0.25, -0.2) is 8.42 Å². The summed E-state index contributed by atoms with van der Waals surface area (Å²) >= 11 is 6.06. The van der Waals surface area contributed by atoms with Gasteiger partial charge >= 0.3 is 0 Å². The smallest absolute Gasteiger partial charge is 0.244 e. The number of hydrogen-bond donors (Lipinski definition) is 1. The van der Waals surface area contributed by atoms with Crippen LogP contribution in [0.5, 0.6) is 0 Å². The maximum atomic E-state index is 13.9. The van der Waals surface area contributed by atoms with Crippen LogP contribution in [0.2, 0.25) is 5.02 Å². The minimum atomic E-state index is -3.78. The molecule has 228 valence electrons. The average Bonchev–Trinajstić information content (AvgIpc) is 2.93. The third-order valence-electron chi connectivity index (χ3n) is 9.92. The minimum Gasteiger partial charge on any atom is -0.352 e. The molecule has 4 aliphatic carbocycles. The predicted octanol–water partition coefficient (Wildman–Crippen LogP) is 5.91. The predicted molar refractivity (Wildman–Crippen MR) is 168 cm³/mol. The number of rotatable bonds is 11. The number of halogens is 1. The van der Waals surface area contributed by atoms with Crippen molar-refractivity contribution in [3.63, 3.8) is 0 Å². The van der Waals surface area contributed by atoms with Crippen molar-refractivity contribution in [2.24, 2.45) is 17.8 Å². The summed E-state index contributed by atoms with van der Waals surface area (Å²) in [5.74, 6) is 1.71. The Morgan fingerprint density at radius 3 is 2.00 bits per heavy atom. The van der Waals surface area contributed by atoms with Gasteiger partial charge in [-0.05, 0) is 117 Å². The van der Waals surface area contributed by atoms with Gasteiger partial charge in [0, 0.05) is 17.6 Å². The third kappa shape index (κ3) is 6.65. The SMILES string of the molecule is CC[C@@H](C)NC(=O)[C@H](C)N(Cc1ccc(Cl)cc1)C(=O)CN(c1ccc(C23CC4CC(CC(C4)C2)C3)cc1)S(C)(=O)=O. The monoisotopic (exact) mass is 613 g/mol. The molecule has 2 aromatic carbocycles. The fourth-order valence-corrected chi connectivity index (χ4v) is 8.87. The lowest BCUT2D eigenvalue weighted by atomic mass is 9.48. The number of benzene rings is 2. The molecule has 7 nitrogen and oxygen atoms in total. The maximum Gasteiger partial charge on any atom is 0.244 e. The average molecular weight is 614 g/mol. The number of nitrogens with zero attached hydrogens (tertiary/aromatic N) is 2. The maximum absolute atomic E-state index is 13.9. The molecule has 0 unspecified atom stereocenters. The van der Waals surface area contributed by atoms with E-state index in [9.17, 15) is 18.0 Å². The number of amides is 2. The third-order valence-corrected chi connectivity index (χ3v) is 11.3. The molecule has 4 saturated carbocycles. The van der Waals surface area contributed by atoms with Crippen LogP contribution in [0, 0.1) is 17.8 Å². The highest BCUT2D eigenvalue weighted by Gasteiger charge is 2.51. The van der Waals surface area contributed by atoms with Crippen molar-refractivity contribution in [1.29, 1.82) is 0 Å². The van der Waals surface area contributed by atoms with Crippen molar-refractivity contribution < 1.29 is 18.0 Å². The first-order valence-corrected chi connectivity index (χ1v) is 17.5. The van der Waals surface area contributed by atoms with E-state index in [-0.39, 0.29) is 23.9 Å². The highest BCUT2D eigenvalue weighted by Crippen LogP contribution is 2.60. The van der Waals surface area contributed by atoms with Crippen molar-refractivity contribution in [3.8, 4) is 0 Å². The molecule has 2 aromatic rings. The fourth-order valence-electron chi connectivity index (χ4n) is 7.89. The highest BCUT2D eigenvalue weighted by atomic mass is 35.5. The van der Waals surface area contributed by atoms with Gasteiger partial charge < -0.3 is 10.2 Å². The summed E-state index contributed by atoms with van der Waals surface area (Å²) in [6.45, 7) is 5.31. The Hall–Kier alpha value is -2.58. The quantitative estimate of drug-likeness (QED) is 0.342. The van der Waals surface area contributed by atoms with Gasteiger partial charge in [0.15, 0.2) is 0 Å². The molecular formula is C33H44ClN3O4S. The Morgan fingerprint density at radius 2 is 1.50 bits per heavy atom. The van der Waals surface area contributed by atoms with E-state index in [1.54, 1.807) is 31.2 Å². The molecule has 42 heavy (non-hydrogen) atoms. The second-order valence-corrected chi connectivity index (χ2v) is 15.5. The number of nitrogens with one attached hydrogen (secondary N) is 1. The van der Waals surface area contributed by atoms with E-state index >= 15 is 0 Å². The molecule has 0 aliphatic heterocycles. The molecule has 9 heteroatoms. The standard InChI is InChI=1S/C33H44ClN3O4S/c1-5-22(2)35-32(39)23(3)36(20-24-6-10-29(34)11-7-24)31(38)21-37(42(4,40)41)30-12-8-28(9-13-30)33-17-25-14-26(18-33)16-27(15-25)19-33/h6-13,22-23,25-27H,5,14-21H2,1-4H3,(H,35,39)/t22-,23+,25?,26?,27?,33?/m1/s1. The number of carbonyl (C=O) groups excluding carboxylic acids is 2. The first-order chi connectivity index (χ1) is 19.9. The Bertz CT molecular complexity index is 1360. The summed E-state index contributed by atoms with van der Waals surface area (Å²) in [7, 11) is -3.78. The van der Waals surface area contributed by atoms with Crippen LogP contribution in [0.15, 0.2) is 48.5 Å². The van der Waals surface area contributed by atoms with Gasteiger partial charge in [0.1, 0.15) is 12.6 Å². The van der Waals surface area contributed by atoms with Gasteiger partial charge in [0.25, 0.3) is 0 Å². The topological polar surface area (TPSA) is 86.8 Å². The lowest BCUT2D eigenvalue weighted by molar-refractivity contribution is -0.139. The first kappa shape index (κ1) is 30.9. The minimum absolute atomic E-state index is 0.0487. The molecule has 6 rings (SSSR count). The van der Waals surface area contributed by atoms with E-state index in [4.69, 9.17) is 11.6 Å². The number of hydrogen-bond acceptors (Lipinski definition) is 4. The lowest BCUT2D eigenvalue weighted by Gasteiger charge is -2.57. The molecule has 0 spiro atoms.